The largest absolute Gasteiger partial charge is 0.369 e. The zero-order valence-corrected chi connectivity index (χ0v) is 15.7. The molecule has 1 fully saturated rings. The fourth-order valence-electron chi connectivity index (χ4n) is 3.15. The van der Waals surface area contributed by atoms with Gasteiger partial charge in [0.15, 0.2) is 0 Å². The van der Waals surface area contributed by atoms with Gasteiger partial charge in [-0.3, -0.25) is 14.7 Å². The van der Waals surface area contributed by atoms with Crippen LogP contribution in [0.5, 0.6) is 0 Å². The average molecular weight is 352 g/mol. The molecule has 138 valence electrons. The first-order valence-corrected chi connectivity index (χ1v) is 9.44. The van der Waals surface area contributed by atoms with Gasteiger partial charge in [0.1, 0.15) is 5.69 Å². The van der Waals surface area contributed by atoms with E-state index in [0.29, 0.717) is 5.69 Å². The summed E-state index contributed by atoms with van der Waals surface area (Å²) in [5.41, 5.74) is 2.93. The molecule has 1 aliphatic heterocycles. The van der Waals surface area contributed by atoms with E-state index >= 15 is 0 Å². The van der Waals surface area contributed by atoms with Crippen LogP contribution in [0, 0.1) is 0 Å². The zero-order chi connectivity index (χ0) is 18.4. The Morgan fingerprint density at radius 3 is 2.58 bits per heavy atom. The van der Waals surface area contributed by atoms with Gasteiger partial charge in [0.2, 0.25) is 0 Å². The molecule has 2 aromatic rings. The number of piperazine rings is 1. The monoisotopic (exact) mass is 352 g/mol. The molecule has 0 saturated carbocycles. The molecule has 0 aliphatic carbocycles. The Labute approximate surface area is 156 Å². The Morgan fingerprint density at radius 1 is 1.15 bits per heavy atom. The van der Waals surface area contributed by atoms with E-state index in [2.05, 4.69) is 57.4 Å². The first kappa shape index (κ1) is 18.4. The molecule has 1 unspecified atom stereocenters. The summed E-state index contributed by atoms with van der Waals surface area (Å²) in [5, 5.41) is 2.98. The Morgan fingerprint density at radius 2 is 1.88 bits per heavy atom. The fraction of sp³-hybridized carbons (Fsp3) is 0.429. The minimum absolute atomic E-state index is 0.0936. The molecule has 1 N–H and O–H groups in total. The second-order valence-electron chi connectivity index (χ2n) is 6.93. The highest BCUT2D eigenvalue weighted by Gasteiger charge is 2.19. The number of rotatable bonds is 6. The van der Waals surface area contributed by atoms with E-state index in [-0.39, 0.29) is 11.9 Å². The molecule has 1 aromatic heterocycles. The Hall–Kier alpha value is -2.40. The number of carbonyl (C=O) groups is 1. The van der Waals surface area contributed by atoms with Crippen molar-refractivity contribution >= 4 is 11.6 Å². The normalized spacial score (nSPS) is 16.3. The molecule has 3 rings (SSSR count). The van der Waals surface area contributed by atoms with E-state index in [4.69, 9.17) is 0 Å². The van der Waals surface area contributed by atoms with Crippen LogP contribution < -0.4 is 10.2 Å². The van der Waals surface area contributed by atoms with Crippen molar-refractivity contribution in [2.45, 2.75) is 32.9 Å². The van der Waals surface area contributed by atoms with Crippen LogP contribution in [0.15, 0.2) is 48.7 Å². The highest BCUT2D eigenvalue weighted by atomic mass is 16.1. The molecule has 1 amide bonds. The van der Waals surface area contributed by atoms with E-state index < -0.39 is 0 Å². The molecule has 0 spiro atoms. The lowest BCUT2D eigenvalue weighted by Gasteiger charge is -2.36. The quantitative estimate of drug-likeness (QED) is 0.868. The van der Waals surface area contributed by atoms with Gasteiger partial charge in [-0.1, -0.05) is 37.3 Å². The van der Waals surface area contributed by atoms with Crippen LogP contribution in [-0.2, 0) is 6.54 Å². The molecule has 5 nitrogen and oxygen atoms in total. The van der Waals surface area contributed by atoms with E-state index in [0.717, 1.165) is 44.8 Å². The predicted molar refractivity (Wildman–Crippen MR) is 105 cm³/mol. The molecule has 1 saturated heterocycles. The van der Waals surface area contributed by atoms with Crippen LogP contribution >= 0.6 is 0 Å². The van der Waals surface area contributed by atoms with Gasteiger partial charge < -0.3 is 10.2 Å². The van der Waals surface area contributed by atoms with E-state index in [1.807, 2.05) is 19.1 Å². The lowest BCUT2D eigenvalue weighted by molar-refractivity contribution is 0.0934. The van der Waals surface area contributed by atoms with Crippen molar-refractivity contribution in [3.8, 4) is 0 Å². The first-order valence-electron chi connectivity index (χ1n) is 9.44. The number of hydrogen-bond acceptors (Lipinski definition) is 4. The topological polar surface area (TPSA) is 48.5 Å². The second-order valence-corrected chi connectivity index (χ2v) is 6.93. The maximum atomic E-state index is 12.3. The molecule has 1 aliphatic rings. The third-order valence-corrected chi connectivity index (χ3v) is 4.95. The third-order valence-electron chi connectivity index (χ3n) is 4.95. The first-order chi connectivity index (χ1) is 12.7. The number of carbonyl (C=O) groups excluding carboxylic acids is 1. The molecule has 0 bridgehead atoms. The highest BCUT2D eigenvalue weighted by molar-refractivity contribution is 5.93. The Bertz CT molecular complexity index is 711. The summed E-state index contributed by atoms with van der Waals surface area (Å²) in [5.74, 6) is -0.0936. The number of pyridine rings is 1. The summed E-state index contributed by atoms with van der Waals surface area (Å²) >= 11 is 0. The van der Waals surface area contributed by atoms with Crippen LogP contribution in [0.2, 0.25) is 0 Å². The summed E-state index contributed by atoms with van der Waals surface area (Å²) in [4.78, 5) is 21.4. The second kappa shape index (κ2) is 8.81. The molecule has 1 atom stereocenters. The third kappa shape index (κ3) is 4.82. The van der Waals surface area contributed by atoms with Crippen molar-refractivity contribution in [3.63, 3.8) is 0 Å². The molecule has 5 heteroatoms. The molecule has 0 radical (unpaired) electrons. The maximum Gasteiger partial charge on any atom is 0.270 e. The van der Waals surface area contributed by atoms with Gasteiger partial charge in [0.05, 0.1) is 0 Å². The smallest absolute Gasteiger partial charge is 0.270 e. The van der Waals surface area contributed by atoms with Crippen molar-refractivity contribution in [2.24, 2.45) is 0 Å². The number of nitrogens with zero attached hydrogens (tertiary/aromatic N) is 3. The van der Waals surface area contributed by atoms with Crippen molar-refractivity contribution in [1.82, 2.24) is 15.2 Å². The van der Waals surface area contributed by atoms with Gasteiger partial charge in [0, 0.05) is 50.6 Å². The predicted octanol–water partition coefficient (Wildman–Crippen LogP) is 2.93. The van der Waals surface area contributed by atoms with Gasteiger partial charge in [-0.2, -0.15) is 0 Å². The van der Waals surface area contributed by atoms with Gasteiger partial charge in [-0.05, 0) is 31.0 Å². The number of hydrogen-bond donors (Lipinski definition) is 1. The lowest BCUT2D eigenvalue weighted by atomic mass is 10.2. The van der Waals surface area contributed by atoms with E-state index in [1.54, 1.807) is 6.20 Å². The Balaban J connectivity index is 1.57. The van der Waals surface area contributed by atoms with Crippen molar-refractivity contribution < 1.29 is 4.79 Å². The standard InChI is InChI=1S/C21H28N4O/c1-3-17(2)23-21(26)20-15-19(9-10-22-20)25-13-11-24(12-14-25)16-18-7-5-4-6-8-18/h4-10,15,17H,3,11-14,16H2,1-2H3,(H,23,26). The van der Waals surface area contributed by atoms with Crippen molar-refractivity contribution in [3.05, 3.63) is 59.9 Å². The molecule has 26 heavy (non-hydrogen) atoms. The number of benzene rings is 1. The number of nitrogens with one attached hydrogen (secondary N) is 1. The highest BCUT2D eigenvalue weighted by Crippen LogP contribution is 2.18. The fourth-order valence-corrected chi connectivity index (χ4v) is 3.15. The van der Waals surface area contributed by atoms with Crippen LogP contribution in [-0.4, -0.2) is 48.0 Å². The summed E-state index contributed by atoms with van der Waals surface area (Å²) in [6.07, 6.45) is 2.64. The molecular weight excluding hydrogens is 324 g/mol. The maximum absolute atomic E-state index is 12.3. The minimum Gasteiger partial charge on any atom is -0.369 e. The van der Waals surface area contributed by atoms with Crippen LogP contribution in [0.1, 0.15) is 36.3 Å². The Kier molecular flexibility index (Phi) is 6.23. The van der Waals surface area contributed by atoms with Crippen LogP contribution in [0.3, 0.4) is 0 Å². The van der Waals surface area contributed by atoms with Gasteiger partial charge >= 0.3 is 0 Å². The lowest BCUT2D eigenvalue weighted by Crippen LogP contribution is -2.46. The van der Waals surface area contributed by atoms with E-state index in [1.165, 1.54) is 5.56 Å². The summed E-state index contributed by atoms with van der Waals surface area (Å²) in [6, 6.07) is 14.7. The summed E-state index contributed by atoms with van der Waals surface area (Å²) < 4.78 is 0. The SMILES string of the molecule is CCC(C)NC(=O)c1cc(N2CCN(Cc3ccccc3)CC2)ccn1. The van der Waals surface area contributed by atoms with Crippen molar-refractivity contribution in [1.29, 1.82) is 0 Å². The number of amides is 1. The molecular formula is C21H28N4O. The summed E-state index contributed by atoms with van der Waals surface area (Å²) in [7, 11) is 0. The molecule has 1 aromatic carbocycles. The van der Waals surface area contributed by atoms with Crippen LogP contribution in [0.4, 0.5) is 5.69 Å². The van der Waals surface area contributed by atoms with E-state index in [9.17, 15) is 4.79 Å². The van der Waals surface area contributed by atoms with Crippen molar-refractivity contribution in [2.75, 3.05) is 31.1 Å². The minimum atomic E-state index is -0.0936. The van der Waals surface area contributed by atoms with Crippen LogP contribution in [0.25, 0.3) is 0 Å². The average Bonchev–Trinajstić information content (AvgIpc) is 2.69. The summed E-state index contributed by atoms with van der Waals surface area (Å²) in [6.45, 7) is 9.02. The molecule has 2 heterocycles. The number of anilines is 1. The zero-order valence-electron chi connectivity index (χ0n) is 15.7. The number of aromatic nitrogens is 1. The van der Waals surface area contributed by atoms with Gasteiger partial charge in [-0.25, -0.2) is 0 Å². The van der Waals surface area contributed by atoms with Gasteiger partial charge in [0.25, 0.3) is 5.91 Å². The van der Waals surface area contributed by atoms with Gasteiger partial charge in [-0.15, -0.1) is 0 Å².